The van der Waals surface area contributed by atoms with Gasteiger partial charge in [-0.1, -0.05) is 72.8 Å². The minimum Gasteiger partial charge on any atom is -0.238 e. The highest BCUT2D eigenvalue weighted by molar-refractivity contribution is 5.98. The van der Waals surface area contributed by atoms with Gasteiger partial charge in [-0.25, -0.2) is 9.38 Å². The van der Waals surface area contributed by atoms with Crippen LogP contribution >= 0.6 is 0 Å². The maximum atomic E-state index is 13.2. The summed E-state index contributed by atoms with van der Waals surface area (Å²) in [6.07, 6.45) is 0. The molecular weight excluding hydrogens is 285 g/mol. The first-order chi connectivity index (χ1) is 11.3. The standard InChI is InChI=1S/C21H16FN/c22-20-13-7-8-17(14-20)15-23-16-21(18-9-3-1-4-10-18)19-11-5-2-6-12-19/h1-14H,15H2. The number of aliphatic imine (C=N–C) groups is 1. The number of hydrogen-bond donors (Lipinski definition) is 0. The van der Waals surface area contributed by atoms with Crippen molar-refractivity contribution < 1.29 is 4.39 Å². The van der Waals surface area contributed by atoms with Gasteiger partial charge in [0.25, 0.3) is 0 Å². The molecule has 112 valence electrons. The normalized spacial score (nSPS) is 9.96. The van der Waals surface area contributed by atoms with Crippen LogP contribution in [0.4, 0.5) is 4.39 Å². The fourth-order valence-electron chi connectivity index (χ4n) is 2.35. The molecule has 0 aliphatic rings. The highest BCUT2D eigenvalue weighted by atomic mass is 19.1. The van der Waals surface area contributed by atoms with Gasteiger partial charge in [0.2, 0.25) is 0 Å². The Morgan fingerprint density at radius 2 is 1.39 bits per heavy atom. The van der Waals surface area contributed by atoms with Crippen molar-refractivity contribution in [1.82, 2.24) is 0 Å². The molecular formula is C21H16FN. The number of benzene rings is 3. The molecule has 0 amide bonds. The molecule has 0 radical (unpaired) electrons. The third-order valence-electron chi connectivity index (χ3n) is 3.47. The third kappa shape index (κ3) is 4.03. The molecule has 0 bridgehead atoms. The summed E-state index contributed by atoms with van der Waals surface area (Å²) in [6, 6.07) is 26.6. The Labute approximate surface area is 135 Å². The molecule has 1 nitrogen and oxygen atoms in total. The fourth-order valence-corrected chi connectivity index (χ4v) is 2.35. The molecule has 23 heavy (non-hydrogen) atoms. The number of hydrogen-bond acceptors (Lipinski definition) is 1. The molecule has 3 aromatic rings. The van der Waals surface area contributed by atoms with Crippen molar-refractivity contribution >= 4 is 11.4 Å². The van der Waals surface area contributed by atoms with Crippen LogP contribution in [0.25, 0.3) is 5.57 Å². The molecule has 3 aromatic carbocycles. The van der Waals surface area contributed by atoms with E-state index in [9.17, 15) is 4.39 Å². The zero-order valence-corrected chi connectivity index (χ0v) is 12.6. The van der Waals surface area contributed by atoms with Crippen molar-refractivity contribution in [1.29, 1.82) is 0 Å². The minimum absolute atomic E-state index is 0.243. The van der Waals surface area contributed by atoms with Gasteiger partial charge >= 0.3 is 0 Å². The summed E-state index contributed by atoms with van der Waals surface area (Å²) in [4.78, 5) is 4.38. The van der Waals surface area contributed by atoms with Crippen molar-refractivity contribution in [2.45, 2.75) is 6.54 Å². The van der Waals surface area contributed by atoms with Crippen LogP contribution in [0.15, 0.2) is 89.9 Å². The Balaban J connectivity index is 1.96. The molecule has 0 unspecified atom stereocenters. The van der Waals surface area contributed by atoms with Crippen LogP contribution in [0.5, 0.6) is 0 Å². The van der Waals surface area contributed by atoms with Gasteiger partial charge in [0.05, 0.1) is 12.1 Å². The smallest absolute Gasteiger partial charge is 0.123 e. The van der Waals surface area contributed by atoms with E-state index in [4.69, 9.17) is 0 Å². The lowest BCUT2D eigenvalue weighted by atomic mass is 9.99. The molecule has 0 aliphatic carbocycles. The van der Waals surface area contributed by atoms with Crippen LogP contribution < -0.4 is 0 Å². The van der Waals surface area contributed by atoms with Crippen molar-refractivity contribution in [2.24, 2.45) is 4.99 Å². The van der Waals surface area contributed by atoms with E-state index >= 15 is 0 Å². The lowest BCUT2D eigenvalue weighted by Gasteiger charge is -2.04. The van der Waals surface area contributed by atoms with E-state index in [1.165, 1.54) is 12.1 Å². The van der Waals surface area contributed by atoms with Crippen LogP contribution in [0, 0.1) is 5.82 Å². The highest BCUT2D eigenvalue weighted by Gasteiger charge is 2.03. The average Bonchev–Trinajstić information content (AvgIpc) is 2.60. The van der Waals surface area contributed by atoms with Gasteiger partial charge in [0, 0.05) is 0 Å². The van der Waals surface area contributed by atoms with Gasteiger partial charge in [-0.15, -0.1) is 0 Å². The van der Waals surface area contributed by atoms with Crippen LogP contribution in [0.3, 0.4) is 0 Å². The molecule has 0 N–H and O–H groups in total. The summed E-state index contributed by atoms with van der Waals surface area (Å²) in [7, 11) is 0. The molecule has 0 spiro atoms. The Bertz CT molecular complexity index is 790. The van der Waals surface area contributed by atoms with Crippen LogP contribution in [-0.4, -0.2) is 5.87 Å². The maximum absolute atomic E-state index is 13.2. The van der Waals surface area contributed by atoms with Gasteiger partial charge in [-0.05, 0) is 34.7 Å². The lowest BCUT2D eigenvalue weighted by Crippen LogP contribution is -1.89. The van der Waals surface area contributed by atoms with Crippen molar-refractivity contribution in [3.63, 3.8) is 0 Å². The van der Waals surface area contributed by atoms with Gasteiger partial charge in [-0.2, -0.15) is 0 Å². The van der Waals surface area contributed by atoms with Crippen LogP contribution in [0.1, 0.15) is 16.7 Å². The topological polar surface area (TPSA) is 12.4 Å². The molecule has 3 rings (SSSR count). The second kappa shape index (κ2) is 7.35. The minimum atomic E-state index is -0.243. The second-order valence-corrected chi connectivity index (χ2v) is 5.17. The molecule has 0 atom stereocenters. The van der Waals surface area contributed by atoms with Crippen LogP contribution in [0.2, 0.25) is 0 Å². The monoisotopic (exact) mass is 301 g/mol. The first kappa shape index (κ1) is 15.0. The maximum Gasteiger partial charge on any atom is 0.123 e. The SMILES string of the molecule is Fc1cccc(CN=C=C(c2ccccc2)c2ccccc2)c1. The lowest BCUT2D eigenvalue weighted by molar-refractivity contribution is 0.625. The van der Waals surface area contributed by atoms with Crippen molar-refractivity contribution in [3.8, 4) is 0 Å². The predicted molar refractivity (Wildman–Crippen MR) is 92.9 cm³/mol. The largest absolute Gasteiger partial charge is 0.238 e. The quantitative estimate of drug-likeness (QED) is 0.593. The summed E-state index contributed by atoms with van der Waals surface area (Å²) in [5.74, 6) is 2.90. The summed E-state index contributed by atoms with van der Waals surface area (Å²) >= 11 is 0. The third-order valence-corrected chi connectivity index (χ3v) is 3.47. The number of nitrogens with zero attached hydrogens (tertiary/aromatic N) is 1. The van der Waals surface area contributed by atoms with E-state index in [-0.39, 0.29) is 5.82 Å². The van der Waals surface area contributed by atoms with Crippen molar-refractivity contribution in [3.05, 3.63) is 107 Å². The van der Waals surface area contributed by atoms with Gasteiger partial charge < -0.3 is 0 Å². The average molecular weight is 301 g/mol. The molecule has 0 fully saturated rings. The summed E-state index contributed by atoms with van der Waals surface area (Å²) in [6.45, 7) is 0.404. The Morgan fingerprint density at radius 3 is 1.96 bits per heavy atom. The van der Waals surface area contributed by atoms with E-state index in [0.29, 0.717) is 6.54 Å². The molecule has 0 aromatic heterocycles. The van der Waals surface area contributed by atoms with Gasteiger partial charge in [-0.3, -0.25) is 0 Å². The van der Waals surface area contributed by atoms with Crippen molar-refractivity contribution in [2.75, 3.05) is 0 Å². The Kier molecular flexibility index (Phi) is 4.78. The Hall–Kier alpha value is -2.96. The molecule has 0 saturated heterocycles. The van der Waals surface area contributed by atoms with E-state index in [1.807, 2.05) is 66.7 Å². The molecule has 0 aliphatic heterocycles. The van der Waals surface area contributed by atoms with E-state index in [0.717, 1.165) is 22.3 Å². The van der Waals surface area contributed by atoms with E-state index in [1.54, 1.807) is 6.07 Å². The van der Waals surface area contributed by atoms with Gasteiger partial charge in [0.15, 0.2) is 0 Å². The second-order valence-electron chi connectivity index (χ2n) is 5.17. The molecule has 0 saturated carbocycles. The summed E-state index contributed by atoms with van der Waals surface area (Å²) in [5.41, 5.74) is 3.88. The fraction of sp³-hybridized carbons (Fsp3) is 0.0476. The molecule has 0 heterocycles. The predicted octanol–water partition coefficient (Wildman–Crippen LogP) is 5.13. The number of halogens is 1. The highest BCUT2D eigenvalue weighted by Crippen LogP contribution is 2.20. The zero-order chi connectivity index (χ0) is 15.9. The Morgan fingerprint density at radius 1 is 0.783 bits per heavy atom. The van der Waals surface area contributed by atoms with E-state index in [2.05, 4.69) is 10.9 Å². The first-order valence-electron chi connectivity index (χ1n) is 7.48. The number of rotatable bonds is 4. The zero-order valence-electron chi connectivity index (χ0n) is 12.6. The summed E-state index contributed by atoms with van der Waals surface area (Å²) in [5, 5.41) is 0. The van der Waals surface area contributed by atoms with E-state index < -0.39 is 0 Å². The molecule has 2 heteroatoms. The summed E-state index contributed by atoms with van der Waals surface area (Å²) < 4.78 is 13.2. The van der Waals surface area contributed by atoms with Gasteiger partial charge in [0.1, 0.15) is 5.82 Å². The van der Waals surface area contributed by atoms with Crippen LogP contribution in [-0.2, 0) is 6.54 Å². The first-order valence-corrected chi connectivity index (χ1v) is 7.48.